The molecule has 1 aliphatic heterocycles. The van der Waals surface area contributed by atoms with Crippen molar-refractivity contribution in [2.24, 2.45) is 0 Å². The second-order valence-corrected chi connectivity index (χ2v) is 2.93. The van der Waals surface area contributed by atoms with Gasteiger partial charge in [-0.05, 0) is 13.8 Å². The van der Waals surface area contributed by atoms with Gasteiger partial charge in [0.1, 0.15) is 19.6 Å². The fourth-order valence-corrected chi connectivity index (χ4v) is 1.09. The van der Waals surface area contributed by atoms with E-state index in [1.54, 1.807) is 6.92 Å². The summed E-state index contributed by atoms with van der Waals surface area (Å²) in [5.41, 5.74) is -1.31. The second-order valence-electron chi connectivity index (χ2n) is 2.93. The van der Waals surface area contributed by atoms with Crippen LogP contribution < -0.4 is 0 Å². The van der Waals surface area contributed by atoms with Gasteiger partial charge in [0.15, 0.2) is 0 Å². The molecule has 2 N–H and O–H groups in total. The van der Waals surface area contributed by atoms with Crippen molar-refractivity contribution in [3.05, 3.63) is 0 Å². The molecule has 0 unspecified atom stereocenters. The number of hydrogen-bond acceptors (Lipinski definition) is 3. The van der Waals surface area contributed by atoms with Gasteiger partial charge < -0.3 is 14.9 Å². The zero-order chi connectivity index (χ0) is 7.94. The number of rotatable bonds is 0. The van der Waals surface area contributed by atoms with Crippen molar-refractivity contribution in [1.82, 2.24) is 0 Å². The zero-order valence-corrected chi connectivity index (χ0v) is 6.11. The molecule has 1 saturated heterocycles. The van der Waals surface area contributed by atoms with Crippen LogP contribution in [0.5, 0.6) is 0 Å². The molecule has 0 amide bonds. The van der Waals surface area contributed by atoms with Gasteiger partial charge in [-0.25, -0.2) is 0 Å². The first-order valence-electron chi connectivity index (χ1n) is 3.27. The van der Waals surface area contributed by atoms with Crippen LogP contribution in [0, 0.1) is 0 Å². The third kappa shape index (κ3) is 0.963. The minimum atomic E-state index is -1.31. The largest absolute Gasteiger partial charge is 0.387 e. The Morgan fingerprint density at radius 1 is 1.60 bits per heavy atom. The highest BCUT2D eigenvalue weighted by Gasteiger charge is 2.47. The highest BCUT2D eigenvalue weighted by atomic mass is 16.5. The predicted molar refractivity (Wildman–Crippen MR) is 36.7 cm³/mol. The molecular formula is C6H11BO3. The minimum absolute atomic E-state index is 0.384. The van der Waals surface area contributed by atoms with E-state index in [4.69, 9.17) is 12.6 Å². The average Bonchev–Trinajstić information content (AvgIpc) is 1.97. The molecular weight excluding hydrogens is 131 g/mol. The van der Waals surface area contributed by atoms with Crippen LogP contribution in [0.25, 0.3) is 0 Å². The molecule has 0 aromatic heterocycles. The van der Waals surface area contributed by atoms with Gasteiger partial charge in [-0.1, -0.05) is 0 Å². The van der Waals surface area contributed by atoms with Crippen molar-refractivity contribution >= 4 is 7.85 Å². The number of ether oxygens (including phenoxy) is 1. The summed E-state index contributed by atoms with van der Waals surface area (Å²) in [7, 11) is 5.36. The van der Waals surface area contributed by atoms with Crippen molar-refractivity contribution in [3.63, 3.8) is 0 Å². The Balaban J connectivity index is 2.75. The third-order valence-corrected chi connectivity index (χ3v) is 1.98. The van der Waals surface area contributed by atoms with Crippen molar-refractivity contribution in [2.75, 3.05) is 0 Å². The molecule has 3 nitrogen and oxygen atoms in total. The van der Waals surface area contributed by atoms with E-state index in [0.717, 1.165) is 0 Å². The molecule has 0 aromatic rings. The van der Waals surface area contributed by atoms with Crippen LogP contribution in [0.3, 0.4) is 0 Å². The van der Waals surface area contributed by atoms with Gasteiger partial charge in [0.25, 0.3) is 0 Å². The summed E-state index contributed by atoms with van der Waals surface area (Å²) in [5.74, 6) is 0. The van der Waals surface area contributed by atoms with Gasteiger partial charge in [-0.2, -0.15) is 0 Å². The van der Waals surface area contributed by atoms with Crippen LogP contribution in [-0.2, 0) is 4.74 Å². The van der Waals surface area contributed by atoms with E-state index in [9.17, 15) is 10.2 Å². The minimum Gasteiger partial charge on any atom is -0.387 e. The first kappa shape index (κ1) is 8.05. The van der Waals surface area contributed by atoms with Gasteiger partial charge >= 0.3 is 0 Å². The summed E-state index contributed by atoms with van der Waals surface area (Å²) in [5, 5.41) is 18.6. The lowest BCUT2D eigenvalue weighted by molar-refractivity contribution is -0.0414. The highest BCUT2D eigenvalue weighted by Crippen LogP contribution is 2.28. The van der Waals surface area contributed by atoms with Crippen molar-refractivity contribution < 1.29 is 14.9 Å². The topological polar surface area (TPSA) is 49.7 Å². The van der Waals surface area contributed by atoms with E-state index in [1.807, 2.05) is 0 Å². The van der Waals surface area contributed by atoms with Crippen molar-refractivity contribution in [3.8, 4) is 0 Å². The molecule has 0 spiro atoms. The van der Waals surface area contributed by atoms with E-state index >= 15 is 0 Å². The molecule has 0 saturated carbocycles. The quantitative estimate of drug-likeness (QED) is 0.427. The monoisotopic (exact) mass is 142 g/mol. The fraction of sp³-hybridized carbons (Fsp3) is 1.00. The van der Waals surface area contributed by atoms with Crippen LogP contribution in [0.1, 0.15) is 13.8 Å². The van der Waals surface area contributed by atoms with Crippen LogP contribution in [-0.4, -0.2) is 41.9 Å². The van der Waals surface area contributed by atoms with Crippen LogP contribution in [0.2, 0.25) is 0 Å². The van der Waals surface area contributed by atoms with E-state index in [2.05, 4.69) is 0 Å². The molecule has 0 bridgehead atoms. The lowest BCUT2D eigenvalue weighted by Crippen LogP contribution is -2.45. The maximum Gasteiger partial charge on any atom is 0.113 e. The third-order valence-electron chi connectivity index (χ3n) is 1.98. The van der Waals surface area contributed by atoms with Crippen LogP contribution in [0.4, 0.5) is 0 Å². The van der Waals surface area contributed by atoms with Crippen molar-refractivity contribution in [2.45, 2.75) is 37.7 Å². The Kier molecular flexibility index (Phi) is 1.79. The Hall–Kier alpha value is -0.0551. The summed E-state index contributed by atoms with van der Waals surface area (Å²) >= 11 is 0. The molecule has 56 valence electrons. The number of hydrogen-bond donors (Lipinski definition) is 2. The van der Waals surface area contributed by atoms with Crippen molar-refractivity contribution in [1.29, 1.82) is 0 Å². The highest BCUT2D eigenvalue weighted by molar-refractivity contribution is 6.12. The number of aliphatic hydroxyl groups is 2. The van der Waals surface area contributed by atoms with Gasteiger partial charge in [-0.15, -0.1) is 0 Å². The molecule has 0 aliphatic carbocycles. The van der Waals surface area contributed by atoms with E-state index in [-0.39, 0.29) is 6.10 Å². The first-order chi connectivity index (χ1) is 4.46. The molecule has 4 heteroatoms. The molecule has 0 aromatic carbocycles. The normalized spacial score (nSPS) is 55.4. The fourth-order valence-electron chi connectivity index (χ4n) is 1.09. The molecule has 1 rings (SSSR count). The molecule has 2 radical (unpaired) electrons. The lowest BCUT2D eigenvalue weighted by Gasteiger charge is -2.24. The summed E-state index contributed by atoms with van der Waals surface area (Å²) in [6.07, 6.45) is -1.27. The molecule has 10 heavy (non-hydrogen) atoms. The number of aliphatic hydroxyl groups excluding tert-OH is 1. The summed E-state index contributed by atoms with van der Waals surface area (Å²) in [4.78, 5) is 0. The zero-order valence-electron chi connectivity index (χ0n) is 6.11. The summed E-state index contributed by atoms with van der Waals surface area (Å²) < 4.78 is 4.97. The Morgan fingerprint density at radius 3 is 2.20 bits per heavy atom. The average molecular weight is 142 g/mol. The van der Waals surface area contributed by atoms with E-state index in [0.29, 0.717) is 0 Å². The second kappa shape index (κ2) is 2.22. The van der Waals surface area contributed by atoms with Gasteiger partial charge in [-0.3, -0.25) is 0 Å². The van der Waals surface area contributed by atoms with Gasteiger partial charge in [0.2, 0.25) is 0 Å². The van der Waals surface area contributed by atoms with Gasteiger partial charge in [0.05, 0.1) is 6.10 Å². The molecule has 4 atom stereocenters. The predicted octanol–water partition coefficient (Wildman–Crippen LogP) is -0.988. The Bertz CT molecular complexity index is 137. The maximum atomic E-state index is 9.40. The van der Waals surface area contributed by atoms with Gasteiger partial charge in [0, 0.05) is 6.00 Å². The van der Waals surface area contributed by atoms with Crippen LogP contribution >= 0.6 is 0 Å². The summed E-state index contributed by atoms with van der Waals surface area (Å²) in [6.45, 7) is 3.14. The maximum absolute atomic E-state index is 9.40. The lowest BCUT2D eigenvalue weighted by atomic mass is 9.82. The SMILES string of the molecule is [B][C@@H]1O[C@H](C)[C@@H](O)[C@@]1(C)O. The van der Waals surface area contributed by atoms with E-state index < -0.39 is 17.7 Å². The smallest absolute Gasteiger partial charge is 0.113 e. The van der Waals surface area contributed by atoms with E-state index in [1.165, 1.54) is 6.92 Å². The Labute approximate surface area is 61.4 Å². The Morgan fingerprint density at radius 2 is 2.10 bits per heavy atom. The first-order valence-corrected chi connectivity index (χ1v) is 3.27. The standard InChI is InChI=1S/C6H11BO3/c1-3-4(8)6(2,9)5(7)10-3/h3-5,8-9H,1-2H3/t3-,4-,5-,6-/m1/s1. The summed E-state index contributed by atoms with van der Waals surface area (Å²) in [6, 6.07) is -0.780. The molecule has 1 heterocycles. The van der Waals surface area contributed by atoms with Crippen LogP contribution in [0.15, 0.2) is 0 Å². The molecule has 1 fully saturated rings. The molecule has 1 aliphatic rings.